The van der Waals surface area contributed by atoms with E-state index in [9.17, 15) is 22.4 Å². The minimum Gasteiger partial charge on any atom is -0.431 e. The van der Waals surface area contributed by atoms with Crippen molar-refractivity contribution in [2.24, 2.45) is 10.7 Å². The van der Waals surface area contributed by atoms with Crippen LogP contribution in [-0.4, -0.2) is 16.9 Å². The zero-order valence-electron chi connectivity index (χ0n) is 15.3. The summed E-state index contributed by atoms with van der Waals surface area (Å²) in [7, 11) is 0. The highest BCUT2D eigenvalue weighted by atomic mass is 19.4. The van der Waals surface area contributed by atoms with Crippen molar-refractivity contribution in [1.29, 1.82) is 0 Å². The number of hydrogen-bond donors (Lipinski definition) is 2. The molecule has 1 atom stereocenters. The van der Waals surface area contributed by atoms with Crippen LogP contribution in [-0.2, 0) is 16.5 Å². The largest absolute Gasteiger partial charge is 0.431 e. The van der Waals surface area contributed by atoms with Crippen LogP contribution in [0.15, 0.2) is 53.4 Å². The monoisotopic (exact) mass is 408 g/mol. The third-order valence-electron chi connectivity index (χ3n) is 4.19. The molecule has 0 fully saturated rings. The second-order valence-electron chi connectivity index (χ2n) is 6.53. The van der Waals surface area contributed by atoms with Gasteiger partial charge in [-0.25, -0.2) is 9.38 Å². The van der Waals surface area contributed by atoms with Crippen molar-refractivity contribution < 1.29 is 27.1 Å². The number of pyridine rings is 1. The number of nitrogens with two attached hydrogens (primary N) is 1. The number of allylic oxidation sites excluding steroid dienone is 1. The molecule has 3 rings (SSSR count). The van der Waals surface area contributed by atoms with Crippen molar-refractivity contribution in [2.75, 3.05) is 5.32 Å². The highest BCUT2D eigenvalue weighted by Gasteiger charge is 2.32. The molecule has 0 saturated carbocycles. The lowest BCUT2D eigenvalue weighted by atomic mass is 9.90. The van der Waals surface area contributed by atoms with E-state index >= 15 is 0 Å². The lowest BCUT2D eigenvalue weighted by molar-refractivity contribution is -0.137. The van der Waals surface area contributed by atoms with Crippen LogP contribution in [0.3, 0.4) is 0 Å². The van der Waals surface area contributed by atoms with Gasteiger partial charge in [-0.2, -0.15) is 13.2 Å². The summed E-state index contributed by atoms with van der Waals surface area (Å²) >= 11 is 0. The van der Waals surface area contributed by atoms with Crippen LogP contribution in [0, 0.1) is 5.82 Å². The maximum Gasteiger partial charge on any atom is 0.417 e. The molecule has 3 N–H and O–H groups in total. The van der Waals surface area contributed by atoms with E-state index in [1.807, 2.05) is 0 Å². The molecule has 10 heteroatoms. The van der Waals surface area contributed by atoms with Crippen LogP contribution >= 0.6 is 0 Å². The van der Waals surface area contributed by atoms with Gasteiger partial charge in [0.2, 0.25) is 0 Å². The second-order valence-corrected chi connectivity index (χ2v) is 6.53. The number of alkyl halides is 3. The number of ether oxygens (including phenoxy) is 1. The Morgan fingerprint density at radius 1 is 1.24 bits per heavy atom. The Bertz CT molecular complexity index is 996. The number of benzene rings is 1. The number of nitrogens with zero attached hydrogens (tertiary/aromatic N) is 2. The van der Waals surface area contributed by atoms with Crippen molar-refractivity contribution in [2.45, 2.75) is 25.6 Å². The average molecular weight is 408 g/mol. The molecule has 0 saturated heterocycles. The summed E-state index contributed by atoms with van der Waals surface area (Å²) in [6.07, 6.45) is -2.41. The summed E-state index contributed by atoms with van der Waals surface area (Å²) in [5, 5.41) is 2.48. The molecule has 1 aliphatic heterocycles. The summed E-state index contributed by atoms with van der Waals surface area (Å²) in [5.41, 5.74) is 3.61. The molecule has 1 aromatic carbocycles. The predicted molar refractivity (Wildman–Crippen MR) is 97.4 cm³/mol. The van der Waals surface area contributed by atoms with Crippen LogP contribution in [0.5, 0.6) is 0 Å². The highest BCUT2D eigenvalue weighted by molar-refractivity contribution is 6.02. The number of amidine groups is 1. The number of hydrogen-bond acceptors (Lipinski definition) is 5. The maximum absolute atomic E-state index is 14.5. The molecule has 0 radical (unpaired) electrons. The zero-order chi connectivity index (χ0) is 21.4. The van der Waals surface area contributed by atoms with Gasteiger partial charge in [-0.3, -0.25) is 9.78 Å². The topological polar surface area (TPSA) is 89.6 Å². The van der Waals surface area contributed by atoms with Gasteiger partial charge in [0.1, 0.15) is 22.8 Å². The first kappa shape index (κ1) is 20.3. The summed E-state index contributed by atoms with van der Waals surface area (Å²) < 4.78 is 57.4. The predicted octanol–water partition coefficient (Wildman–Crippen LogP) is 3.96. The van der Waals surface area contributed by atoms with Gasteiger partial charge in [-0.15, -0.1) is 0 Å². The van der Waals surface area contributed by atoms with E-state index in [0.717, 1.165) is 18.2 Å². The number of aromatic nitrogens is 1. The molecule has 6 nitrogen and oxygen atoms in total. The van der Waals surface area contributed by atoms with Crippen molar-refractivity contribution in [3.05, 3.63) is 71.0 Å². The van der Waals surface area contributed by atoms with E-state index in [2.05, 4.69) is 15.3 Å². The van der Waals surface area contributed by atoms with Gasteiger partial charge >= 0.3 is 6.18 Å². The van der Waals surface area contributed by atoms with E-state index < -0.39 is 29.0 Å². The van der Waals surface area contributed by atoms with Gasteiger partial charge in [-0.1, -0.05) is 0 Å². The quantitative estimate of drug-likeness (QED) is 0.753. The molecular formula is C19H16F4N4O2. The van der Waals surface area contributed by atoms with Crippen molar-refractivity contribution in [3.63, 3.8) is 0 Å². The molecule has 1 aromatic heterocycles. The standard InChI is InChI=1S/C19H16F4N4O2/c1-10-8-18(2,27-17(24)29-10)13-7-12(4-5-14(13)20)26-16(28)15-6-3-11(9-25-15)19(21,22)23/h3-9H,1-2H3,(H2,24,27)(H,26,28)/t18-/m0/s1. The van der Waals surface area contributed by atoms with Gasteiger partial charge in [-0.05, 0) is 50.3 Å². The fourth-order valence-electron chi connectivity index (χ4n) is 2.89. The number of carbonyl (C=O) groups is 1. The van der Waals surface area contributed by atoms with Crippen LogP contribution in [0.1, 0.15) is 35.5 Å². The minimum atomic E-state index is -4.55. The molecule has 2 heterocycles. The normalized spacial score (nSPS) is 19.1. The maximum atomic E-state index is 14.5. The van der Waals surface area contributed by atoms with Gasteiger partial charge in [0.05, 0.1) is 5.56 Å². The first-order valence-electron chi connectivity index (χ1n) is 8.35. The third kappa shape index (κ3) is 4.36. The second kappa shape index (κ2) is 7.19. The van der Waals surface area contributed by atoms with E-state index in [-0.39, 0.29) is 23.0 Å². The Labute approximate surface area is 163 Å². The minimum absolute atomic E-state index is 0.126. The molecule has 0 unspecified atom stereocenters. The number of amides is 1. The molecule has 2 aromatic rings. The van der Waals surface area contributed by atoms with Crippen molar-refractivity contribution in [3.8, 4) is 0 Å². The fourth-order valence-corrected chi connectivity index (χ4v) is 2.89. The van der Waals surface area contributed by atoms with Gasteiger partial charge in [0.25, 0.3) is 11.9 Å². The van der Waals surface area contributed by atoms with E-state index in [0.29, 0.717) is 12.0 Å². The Balaban J connectivity index is 1.87. The summed E-state index contributed by atoms with van der Waals surface area (Å²) in [5.74, 6) is -0.897. The molecule has 152 valence electrons. The fraction of sp³-hybridized carbons (Fsp3) is 0.211. The van der Waals surface area contributed by atoms with E-state index in [4.69, 9.17) is 10.5 Å². The summed E-state index contributed by atoms with van der Waals surface area (Å²) in [6, 6.07) is 5.40. The lowest BCUT2D eigenvalue weighted by Crippen LogP contribution is -2.30. The number of halogens is 4. The van der Waals surface area contributed by atoms with Crippen LogP contribution in [0.25, 0.3) is 0 Å². The zero-order valence-corrected chi connectivity index (χ0v) is 15.3. The smallest absolute Gasteiger partial charge is 0.417 e. The molecule has 1 amide bonds. The Morgan fingerprint density at radius 3 is 2.55 bits per heavy atom. The van der Waals surface area contributed by atoms with E-state index in [1.165, 1.54) is 12.1 Å². The number of nitrogens with one attached hydrogen (secondary N) is 1. The van der Waals surface area contributed by atoms with Crippen LogP contribution in [0.2, 0.25) is 0 Å². The van der Waals surface area contributed by atoms with Crippen molar-refractivity contribution >= 4 is 17.6 Å². The van der Waals surface area contributed by atoms with Crippen LogP contribution in [0.4, 0.5) is 23.2 Å². The molecule has 1 aliphatic rings. The molecular weight excluding hydrogens is 392 g/mol. The molecule has 0 aliphatic carbocycles. The lowest BCUT2D eigenvalue weighted by Gasteiger charge is -2.27. The number of anilines is 1. The van der Waals surface area contributed by atoms with Gasteiger partial charge in [0, 0.05) is 17.4 Å². The number of aliphatic imine (C=N–C) groups is 1. The van der Waals surface area contributed by atoms with Crippen LogP contribution < -0.4 is 11.1 Å². The third-order valence-corrected chi connectivity index (χ3v) is 4.19. The number of rotatable bonds is 3. The number of carbonyl (C=O) groups excluding carboxylic acids is 1. The van der Waals surface area contributed by atoms with Crippen molar-refractivity contribution in [1.82, 2.24) is 4.98 Å². The highest BCUT2D eigenvalue weighted by Crippen LogP contribution is 2.35. The van der Waals surface area contributed by atoms with Gasteiger partial charge in [0.15, 0.2) is 0 Å². The Hall–Kier alpha value is -3.43. The summed E-state index contributed by atoms with van der Waals surface area (Å²) in [6.45, 7) is 3.26. The average Bonchev–Trinajstić information content (AvgIpc) is 2.61. The van der Waals surface area contributed by atoms with Gasteiger partial charge < -0.3 is 15.8 Å². The molecule has 29 heavy (non-hydrogen) atoms. The Kier molecular flexibility index (Phi) is 5.04. The molecule has 0 spiro atoms. The first-order chi connectivity index (χ1) is 13.5. The Morgan fingerprint density at radius 2 is 1.97 bits per heavy atom. The molecule has 0 bridgehead atoms. The first-order valence-corrected chi connectivity index (χ1v) is 8.35. The SMILES string of the molecule is CC1=C[C@@](C)(c2cc(NC(=O)c3ccc(C(F)(F)F)cn3)ccc2F)N=C(N)O1. The van der Waals surface area contributed by atoms with E-state index in [1.54, 1.807) is 19.9 Å². The summed E-state index contributed by atoms with van der Waals surface area (Å²) in [4.78, 5) is 20.0.